The molecule has 2 atom stereocenters. The average molecular weight is 295 g/mol. The fraction of sp³-hybridized carbons (Fsp3) is 0.316. The van der Waals surface area contributed by atoms with Gasteiger partial charge >= 0.3 is 0 Å². The van der Waals surface area contributed by atoms with Crippen molar-refractivity contribution in [2.75, 3.05) is 7.11 Å². The van der Waals surface area contributed by atoms with Gasteiger partial charge in [-0.1, -0.05) is 48.5 Å². The molecule has 0 aromatic heterocycles. The fourth-order valence-corrected chi connectivity index (χ4v) is 3.13. The summed E-state index contributed by atoms with van der Waals surface area (Å²) in [5.41, 5.74) is 3.04. The lowest BCUT2D eigenvalue weighted by atomic mass is 10.1. The molecule has 114 valence electrons. The summed E-state index contributed by atoms with van der Waals surface area (Å²) in [7, 11) is 1.66. The molecule has 3 heteroatoms. The Morgan fingerprint density at radius 2 is 1.77 bits per heavy atom. The Hall–Kier alpha value is -2.13. The Morgan fingerprint density at radius 1 is 1.09 bits per heavy atom. The van der Waals surface area contributed by atoms with E-state index in [4.69, 9.17) is 4.74 Å². The van der Waals surface area contributed by atoms with Gasteiger partial charge in [-0.05, 0) is 31.4 Å². The van der Waals surface area contributed by atoms with E-state index in [9.17, 15) is 4.79 Å². The van der Waals surface area contributed by atoms with Gasteiger partial charge in [-0.3, -0.25) is 4.79 Å². The summed E-state index contributed by atoms with van der Waals surface area (Å²) in [6, 6.07) is 18.2. The van der Waals surface area contributed by atoms with Gasteiger partial charge in [0.2, 0.25) is 0 Å². The van der Waals surface area contributed by atoms with E-state index in [2.05, 4.69) is 31.2 Å². The monoisotopic (exact) mass is 295 g/mol. The number of carbonyl (C=O) groups is 1. The third-order valence-electron chi connectivity index (χ3n) is 4.34. The minimum atomic E-state index is -0.269. The first-order valence-corrected chi connectivity index (χ1v) is 7.70. The second kappa shape index (κ2) is 6.32. The summed E-state index contributed by atoms with van der Waals surface area (Å²) in [6.07, 6.45) is 1.61. The largest absolute Gasteiger partial charge is 0.357 e. The van der Waals surface area contributed by atoms with Gasteiger partial charge in [-0.15, -0.1) is 0 Å². The molecule has 0 aliphatic carbocycles. The van der Waals surface area contributed by atoms with Crippen molar-refractivity contribution in [3.63, 3.8) is 0 Å². The quantitative estimate of drug-likeness (QED) is 0.839. The van der Waals surface area contributed by atoms with Crippen molar-refractivity contribution in [1.29, 1.82) is 0 Å². The van der Waals surface area contributed by atoms with E-state index in [1.54, 1.807) is 7.11 Å². The SMILES string of the molecule is CO[C@H]1c2ccccc2C(=O)N1[C@H](C)CCc1ccccc1. The van der Waals surface area contributed by atoms with E-state index in [0.29, 0.717) is 0 Å². The van der Waals surface area contributed by atoms with E-state index in [1.807, 2.05) is 35.2 Å². The molecule has 0 fully saturated rings. The number of fused-ring (bicyclic) bond motifs is 1. The van der Waals surface area contributed by atoms with Gasteiger partial charge < -0.3 is 9.64 Å². The molecule has 1 heterocycles. The maximum atomic E-state index is 12.7. The van der Waals surface area contributed by atoms with Crippen molar-refractivity contribution in [1.82, 2.24) is 4.90 Å². The van der Waals surface area contributed by atoms with Crippen molar-refractivity contribution in [2.45, 2.75) is 32.0 Å². The number of carbonyl (C=O) groups excluding carboxylic acids is 1. The number of nitrogens with zero attached hydrogens (tertiary/aromatic N) is 1. The smallest absolute Gasteiger partial charge is 0.256 e. The van der Waals surface area contributed by atoms with Crippen molar-refractivity contribution < 1.29 is 9.53 Å². The van der Waals surface area contributed by atoms with Crippen LogP contribution in [0.4, 0.5) is 0 Å². The molecule has 22 heavy (non-hydrogen) atoms. The molecule has 0 saturated carbocycles. The number of hydrogen-bond acceptors (Lipinski definition) is 2. The minimum Gasteiger partial charge on any atom is -0.357 e. The first kappa shape index (κ1) is 14.8. The predicted molar refractivity (Wildman–Crippen MR) is 86.6 cm³/mol. The number of rotatable bonds is 5. The third kappa shape index (κ3) is 2.64. The highest BCUT2D eigenvalue weighted by Crippen LogP contribution is 2.36. The van der Waals surface area contributed by atoms with Gasteiger partial charge in [-0.25, -0.2) is 0 Å². The molecule has 2 aromatic carbocycles. The fourth-order valence-electron chi connectivity index (χ4n) is 3.13. The zero-order valence-corrected chi connectivity index (χ0v) is 13.0. The lowest BCUT2D eigenvalue weighted by molar-refractivity contribution is -0.0295. The van der Waals surface area contributed by atoms with Crippen LogP contribution in [0, 0.1) is 0 Å². The summed E-state index contributed by atoms with van der Waals surface area (Å²) in [4.78, 5) is 14.5. The van der Waals surface area contributed by atoms with Gasteiger partial charge in [0.05, 0.1) is 0 Å². The Kier molecular flexibility index (Phi) is 4.25. The van der Waals surface area contributed by atoms with E-state index in [-0.39, 0.29) is 18.2 Å². The summed E-state index contributed by atoms with van der Waals surface area (Å²) in [5, 5.41) is 0. The van der Waals surface area contributed by atoms with Crippen molar-refractivity contribution in [3.05, 3.63) is 71.3 Å². The molecule has 3 nitrogen and oxygen atoms in total. The molecule has 1 aliphatic heterocycles. The Bertz CT molecular complexity index is 653. The van der Waals surface area contributed by atoms with Gasteiger partial charge in [0.1, 0.15) is 0 Å². The second-order valence-corrected chi connectivity index (χ2v) is 5.76. The third-order valence-corrected chi connectivity index (χ3v) is 4.34. The summed E-state index contributed by atoms with van der Waals surface area (Å²) < 4.78 is 5.60. The van der Waals surface area contributed by atoms with Crippen LogP contribution in [0.25, 0.3) is 0 Å². The van der Waals surface area contributed by atoms with Gasteiger partial charge in [0.15, 0.2) is 6.23 Å². The lowest BCUT2D eigenvalue weighted by Crippen LogP contribution is -2.37. The van der Waals surface area contributed by atoms with Crippen LogP contribution < -0.4 is 0 Å². The van der Waals surface area contributed by atoms with E-state index in [1.165, 1.54) is 5.56 Å². The zero-order chi connectivity index (χ0) is 15.5. The molecule has 0 bridgehead atoms. The maximum absolute atomic E-state index is 12.7. The normalized spacial score (nSPS) is 18.4. The molecule has 0 unspecified atom stereocenters. The van der Waals surface area contributed by atoms with E-state index < -0.39 is 0 Å². The molecular weight excluding hydrogens is 274 g/mol. The molecule has 1 aliphatic rings. The molecule has 1 amide bonds. The predicted octanol–water partition coefficient (Wildman–Crippen LogP) is 3.81. The summed E-state index contributed by atoms with van der Waals surface area (Å²) in [6.45, 7) is 2.10. The Balaban J connectivity index is 1.75. The maximum Gasteiger partial charge on any atom is 0.256 e. The Labute approximate surface area is 131 Å². The standard InChI is InChI=1S/C19H21NO2/c1-14(12-13-15-8-4-3-5-9-15)20-18(21)16-10-6-7-11-17(16)19(20)22-2/h3-11,14,19H,12-13H2,1-2H3/t14-,19+/m1/s1. The highest BCUT2D eigenvalue weighted by molar-refractivity contribution is 5.99. The lowest BCUT2D eigenvalue weighted by Gasteiger charge is -2.30. The summed E-state index contributed by atoms with van der Waals surface area (Å²) in [5.74, 6) is 0.0722. The molecule has 0 spiro atoms. The highest BCUT2D eigenvalue weighted by Gasteiger charge is 2.38. The first-order chi connectivity index (χ1) is 10.7. The van der Waals surface area contributed by atoms with Gasteiger partial charge in [-0.2, -0.15) is 0 Å². The second-order valence-electron chi connectivity index (χ2n) is 5.76. The van der Waals surface area contributed by atoms with Crippen molar-refractivity contribution >= 4 is 5.91 Å². The van der Waals surface area contributed by atoms with Crippen LogP contribution in [-0.4, -0.2) is 24.0 Å². The zero-order valence-electron chi connectivity index (χ0n) is 13.0. The topological polar surface area (TPSA) is 29.5 Å². The molecule has 0 saturated heterocycles. The number of benzene rings is 2. The number of methoxy groups -OCH3 is 1. The van der Waals surface area contributed by atoms with Crippen LogP contribution in [0.15, 0.2) is 54.6 Å². The van der Waals surface area contributed by atoms with Crippen LogP contribution in [0.1, 0.15) is 41.1 Å². The van der Waals surface area contributed by atoms with Gasteiger partial charge in [0, 0.05) is 24.3 Å². The minimum absolute atomic E-state index is 0.0722. The number of amides is 1. The molecule has 3 rings (SSSR count). The first-order valence-electron chi connectivity index (χ1n) is 7.70. The summed E-state index contributed by atoms with van der Waals surface area (Å²) >= 11 is 0. The number of hydrogen-bond donors (Lipinski definition) is 0. The Morgan fingerprint density at radius 3 is 2.50 bits per heavy atom. The highest BCUT2D eigenvalue weighted by atomic mass is 16.5. The van der Waals surface area contributed by atoms with E-state index in [0.717, 1.165) is 24.0 Å². The molecule has 2 aromatic rings. The average Bonchev–Trinajstić information content (AvgIpc) is 2.86. The molecule has 0 N–H and O–H groups in total. The van der Waals surface area contributed by atoms with Crippen LogP contribution in [0.3, 0.4) is 0 Å². The number of ether oxygens (including phenoxy) is 1. The van der Waals surface area contributed by atoms with Crippen LogP contribution in [0.2, 0.25) is 0 Å². The molecular formula is C19H21NO2. The van der Waals surface area contributed by atoms with Crippen LogP contribution in [0.5, 0.6) is 0 Å². The number of aryl methyl sites for hydroxylation is 1. The van der Waals surface area contributed by atoms with Crippen molar-refractivity contribution in [3.8, 4) is 0 Å². The van der Waals surface area contributed by atoms with Crippen LogP contribution >= 0.6 is 0 Å². The van der Waals surface area contributed by atoms with Crippen molar-refractivity contribution in [2.24, 2.45) is 0 Å². The van der Waals surface area contributed by atoms with E-state index >= 15 is 0 Å². The molecule has 0 radical (unpaired) electrons. The van der Waals surface area contributed by atoms with Gasteiger partial charge in [0.25, 0.3) is 5.91 Å². The van der Waals surface area contributed by atoms with Crippen LogP contribution in [-0.2, 0) is 11.2 Å².